The molecule has 0 saturated heterocycles. The predicted molar refractivity (Wildman–Crippen MR) is 85.7 cm³/mol. The number of nitrogens with zero attached hydrogens (tertiary/aromatic N) is 2. The van der Waals surface area contributed by atoms with Crippen LogP contribution in [0.15, 0.2) is 36.7 Å². The monoisotopic (exact) mass is 294 g/mol. The molecular formula is C17H18N4O. The molecule has 3 heterocycles. The van der Waals surface area contributed by atoms with Gasteiger partial charge in [-0.1, -0.05) is 18.2 Å². The number of amides is 1. The molecule has 1 aromatic carbocycles. The van der Waals surface area contributed by atoms with Crippen LogP contribution in [0.2, 0.25) is 0 Å². The smallest absolute Gasteiger partial charge is 0.228 e. The lowest BCUT2D eigenvalue weighted by Crippen LogP contribution is -2.30. The highest BCUT2D eigenvalue weighted by Gasteiger charge is 2.26. The van der Waals surface area contributed by atoms with Gasteiger partial charge in [0.2, 0.25) is 5.91 Å². The molecule has 1 atom stereocenters. The number of hydrogen-bond donors (Lipinski definition) is 2. The Kier molecular flexibility index (Phi) is 2.99. The van der Waals surface area contributed by atoms with Crippen LogP contribution in [0.25, 0.3) is 10.9 Å². The SMILES string of the molecule is Cc1[nH]c2ccccc2c1NC(=O)C1CCn2ccnc2C1. The minimum atomic E-state index is -0.0111. The van der Waals surface area contributed by atoms with E-state index in [2.05, 4.69) is 19.9 Å². The van der Waals surface area contributed by atoms with E-state index in [9.17, 15) is 4.79 Å². The molecule has 1 aliphatic rings. The third-order valence-corrected chi connectivity index (χ3v) is 4.46. The first-order valence-electron chi connectivity index (χ1n) is 7.60. The first-order chi connectivity index (χ1) is 10.7. The molecule has 0 spiro atoms. The van der Waals surface area contributed by atoms with Gasteiger partial charge in [0.25, 0.3) is 0 Å². The summed E-state index contributed by atoms with van der Waals surface area (Å²) in [5, 5.41) is 4.18. The van der Waals surface area contributed by atoms with Crippen LogP contribution < -0.4 is 5.32 Å². The van der Waals surface area contributed by atoms with Crippen molar-refractivity contribution in [3.63, 3.8) is 0 Å². The average molecular weight is 294 g/mol. The Hall–Kier alpha value is -2.56. The van der Waals surface area contributed by atoms with Gasteiger partial charge in [-0.15, -0.1) is 0 Å². The molecule has 1 amide bonds. The van der Waals surface area contributed by atoms with Crippen molar-refractivity contribution in [2.45, 2.75) is 26.3 Å². The molecule has 4 rings (SSSR count). The third kappa shape index (κ3) is 2.09. The first kappa shape index (κ1) is 13.1. The zero-order valence-corrected chi connectivity index (χ0v) is 12.5. The van der Waals surface area contributed by atoms with Crippen LogP contribution in [0.4, 0.5) is 5.69 Å². The van der Waals surface area contributed by atoms with Gasteiger partial charge in [-0.3, -0.25) is 4.79 Å². The van der Waals surface area contributed by atoms with E-state index in [1.807, 2.05) is 37.4 Å². The first-order valence-corrected chi connectivity index (χ1v) is 7.60. The minimum Gasteiger partial charge on any atom is -0.357 e. The van der Waals surface area contributed by atoms with Crippen molar-refractivity contribution in [1.82, 2.24) is 14.5 Å². The van der Waals surface area contributed by atoms with Gasteiger partial charge >= 0.3 is 0 Å². The molecular weight excluding hydrogens is 276 g/mol. The van der Waals surface area contributed by atoms with E-state index in [-0.39, 0.29) is 11.8 Å². The number of H-pyrrole nitrogens is 1. The van der Waals surface area contributed by atoms with Gasteiger partial charge in [0.15, 0.2) is 0 Å². The summed E-state index contributed by atoms with van der Waals surface area (Å²) >= 11 is 0. The molecule has 1 aliphatic heterocycles. The number of para-hydroxylation sites is 1. The molecule has 2 N–H and O–H groups in total. The summed E-state index contributed by atoms with van der Waals surface area (Å²) in [5.41, 5.74) is 2.94. The van der Waals surface area contributed by atoms with Crippen LogP contribution in [0.3, 0.4) is 0 Å². The normalized spacial score (nSPS) is 17.4. The second-order valence-corrected chi connectivity index (χ2v) is 5.89. The number of imidazole rings is 1. The molecule has 0 fully saturated rings. The van der Waals surface area contributed by atoms with E-state index in [4.69, 9.17) is 0 Å². The number of benzene rings is 1. The standard InChI is InChI=1S/C17H18N4O/c1-11-16(13-4-2-3-5-14(13)19-11)20-17(22)12-6-8-21-9-7-18-15(21)10-12/h2-5,7,9,12,19H,6,8,10H2,1H3,(H,20,22). The summed E-state index contributed by atoms with van der Waals surface area (Å²) in [6, 6.07) is 8.03. The lowest BCUT2D eigenvalue weighted by atomic mass is 9.96. The molecule has 0 aliphatic carbocycles. The van der Waals surface area contributed by atoms with E-state index in [1.54, 1.807) is 6.20 Å². The molecule has 2 aromatic heterocycles. The third-order valence-electron chi connectivity index (χ3n) is 4.46. The number of nitrogens with one attached hydrogen (secondary N) is 2. The number of rotatable bonds is 2. The lowest BCUT2D eigenvalue weighted by molar-refractivity contribution is -0.120. The molecule has 0 bridgehead atoms. The molecule has 0 saturated carbocycles. The Balaban J connectivity index is 1.58. The number of carbonyl (C=O) groups excluding carboxylic acids is 1. The van der Waals surface area contributed by atoms with E-state index in [0.717, 1.165) is 41.1 Å². The number of anilines is 1. The van der Waals surface area contributed by atoms with Gasteiger partial charge in [0, 0.05) is 47.9 Å². The second-order valence-electron chi connectivity index (χ2n) is 5.89. The Labute approximate surface area is 128 Å². The van der Waals surface area contributed by atoms with Crippen LogP contribution in [0.1, 0.15) is 17.9 Å². The summed E-state index contributed by atoms with van der Waals surface area (Å²) in [5.74, 6) is 1.08. The largest absolute Gasteiger partial charge is 0.357 e. The maximum absolute atomic E-state index is 12.6. The summed E-state index contributed by atoms with van der Waals surface area (Å²) in [6.45, 7) is 2.85. The fourth-order valence-electron chi connectivity index (χ4n) is 3.24. The zero-order chi connectivity index (χ0) is 15.1. The van der Waals surface area contributed by atoms with Crippen molar-refractivity contribution < 1.29 is 4.79 Å². The summed E-state index contributed by atoms with van der Waals surface area (Å²) in [7, 11) is 0. The van der Waals surface area contributed by atoms with Gasteiger partial charge in [-0.25, -0.2) is 4.98 Å². The molecule has 5 heteroatoms. The van der Waals surface area contributed by atoms with E-state index in [1.165, 1.54) is 0 Å². The van der Waals surface area contributed by atoms with E-state index >= 15 is 0 Å². The van der Waals surface area contributed by atoms with Gasteiger partial charge in [0.1, 0.15) is 5.82 Å². The average Bonchev–Trinajstić information content (AvgIpc) is 3.11. The Morgan fingerprint density at radius 3 is 3.18 bits per heavy atom. The number of fused-ring (bicyclic) bond motifs is 2. The number of hydrogen-bond acceptors (Lipinski definition) is 2. The van der Waals surface area contributed by atoms with E-state index < -0.39 is 0 Å². The van der Waals surface area contributed by atoms with Gasteiger partial charge in [-0.2, -0.15) is 0 Å². The van der Waals surface area contributed by atoms with Crippen molar-refractivity contribution >= 4 is 22.5 Å². The van der Waals surface area contributed by atoms with Crippen LogP contribution in [-0.4, -0.2) is 20.4 Å². The topological polar surface area (TPSA) is 62.7 Å². The lowest BCUT2D eigenvalue weighted by Gasteiger charge is -2.22. The quantitative estimate of drug-likeness (QED) is 0.763. The fourth-order valence-corrected chi connectivity index (χ4v) is 3.24. The number of aromatic amines is 1. The van der Waals surface area contributed by atoms with E-state index in [0.29, 0.717) is 6.42 Å². The second kappa shape index (κ2) is 5.02. The van der Waals surface area contributed by atoms with Crippen molar-refractivity contribution in [2.75, 3.05) is 5.32 Å². The van der Waals surface area contributed by atoms with Crippen molar-refractivity contribution in [2.24, 2.45) is 5.92 Å². The zero-order valence-electron chi connectivity index (χ0n) is 12.5. The molecule has 112 valence electrons. The van der Waals surface area contributed by atoms with Crippen LogP contribution in [0, 0.1) is 12.8 Å². The van der Waals surface area contributed by atoms with Gasteiger partial charge in [-0.05, 0) is 19.4 Å². The van der Waals surface area contributed by atoms with Gasteiger partial charge in [0.05, 0.1) is 5.69 Å². The highest BCUT2D eigenvalue weighted by molar-refractivity contribution is 6.03. The predicted octanol–water partition coefficient (Wildman–Crippen LogP) is 2.87. The molecule has 22 heavy (non-hydrogen) atoms. The number of aryl methyl sites for hydroxylation is 2. The van der Waals surface area contributed by atoms with Gasteiger partial charge < -0.3 is 14.9 Å². The molecule has 3 aromatic rings. The summed E-state index contributed by atoms with van der Waals surface area (Å²) < 4.78 is 2.13. The molecule has 0 radical (unpaired) electrons. The Morgan fingerprint density at radius 2 is 2.27 bits per heavy atom. The highest BCUT2D eigenvalue weighted by atomic mass is 16.1. The molecule has 5 nitrogen and oxygen atoms in total. The van der Waals surface area contributed by atoms with Crippen LogP contribution in [0.5, 0.6) is 0 Å². The minimum absolute atomic E-state index is 0.0111. The summed E-state index contributed by atoms with van der Waals surface area (Å²) in [6.07, 6.45) is 5.35. The maximum atomic E-state index is 12.6. The Morgan fingerprint density at radius 1 is 1.41 bits per heavy atom. The van der Waals surface area contributed by atoms with Crippen LogP contribution in [-0.2, 0) is 17.8 Å². The van der Waals surface area contributed by atoms with Crippen molar-refractivity contribution in [3.8, 4) is 0 Å². The summed E-state index contributed by atoms with van der Waals surface area (Å²) in [4.78, 5) is 20.3. The highest BCUT2D eigenvalue weighted by Crippen LogP contribution is 2.28. The number of aromatic nitrogens is 3. The number of carbonyl (C=O) groups is 1. The molecule has 1 unspecified atom stereocenters. The van der Waals surface area contributed by atoms with Crippen molar-refractivity contribution in [1.29, 1.82) is 0 Å². The maximum Gasteiger partial charge on any atom is 0.228 e. The fraction of sp³-hybridized carbons (Fsp3) is 0.294. The van der Waals surface area contributed by atoms with Crippen molar-refractivity contribution in [3.05, 3.63) is 48.2 Å². The Bertz CT molecular complexity index is 845. The van der Waals surface area contributed by atoms with Crippen LogP contribution >= 0.6 is 0 Å².